The molecule has 0 aromatic heterocycles. The summed E-state index contributed by atoms with van der Waals surface area (Å²) in [6, 6.07) is 0. The zero-order valence-corrected chi connectivity index (χ0v) is 10.7. The Kier molecular flexibility index (Phi) is 6.98. The minimum Gasteiger partial charge on any atom is -0.312 e. The monoisotopic (exact) mass is 213 g/mol. The molecule has 2 atom stereocenters. The first-order chi connectivity index (χ1) is 6.58. The lowest BCUT2D eigenvalue weighted by molar-refractivity contribution is 0.632. The maximum absolute atomic E-state index is 7.32. The molecule has 0 aliphatic heterocycles. The highest BCUT2D eigenvalue weighted by Crippen LogP contribution is 2.25. The molecule has 2 heteroatoms. The van der Waals surface area contributed by atoms with Crippen LogP contribution in [-0.2, 0) is 0 Å². The standard InChI is InChI=1S/C12H23NS/c1-5-9(2)11(4)12(6-7-14)10(3)8-13/h8-10,13-14H,5-7H2,1-4H3/b12-11-,13-8?/t9-,10+/m0/s1. The van der Waals surface area contributed by atoms with Crippen LogP contribution in [0.1, 0.15) is 40.5 Å². The van der Waals surface area contributed by atoms with Gasteiger partial charge in [0.05, 0.1) is 0 Å². The van der Waals surface area contributed by atoms with Crippen LogP contribution in [0, 0.1) is 17.2 Å². The van der Waals surface area contributed by atoms with Crippen molar-refractivity contribution in [2.45, 2.75) is 40.5 Å². The van der Waals surface area contributed by atoms with E-state index in [-0.39, 0.29) is 5.92 Å². The molecule has 0 aliphatic rings. The highest BCUT2D eigenvalue weighted by molar-refractivity contribution is 7.80. The van der Waals surface area contributed by atoms with Crippen molar-refractivity contribution >= 4 is 18.8 Å². The van der Waals surface area contributed by atoms with Gasteiger partial charge < -0.3 is 5.41 Å². The highest BCUT2D eigenvalue weighted by atomic mass is 32.1. The molecule has 0 amide bonds. The molecule has 0 aliphatic carbocycles. The summed E-state index contributed by atoms with van der Waals surface area (Å²) >= 11 is 4.28. The van der Waals surface area contributed by atoms with Gasteiger partial charge in [0, 0.05) is 12.1 Å². The normalized spacial score (nSPS) is 17.2. The van der Waals surface area contributed by atoms with Gasteiger partial charge in [0.15, 0.2) is 0 Å². The van der Waals surface area contributed by atoms with Gasteiger partial charge in [0.2, 0.25) is 0 Å². The van der Waals surface area contributed by atoms with Gasteiger partial charge in [-0.15, -0.1) is 0 Å². The molecule has 1 N–H and O–H groups in total. The van der Waals surface area contributed by atoms with Gasteiger partial charge in [-0.25, -0.2) is 0 Å². The van der Waals surface area contributed by atoms with E-state index in [1.165, 1.54) is 23.8 Å². The van der Waals surface area contributed by atoms with Crippen molar-refractivity contribution < 1.29 is 0 Å². The van der Waals surface area contributed by atoms with Gasteiger partial charge in [-0.2, -0.15) is 12.6 Å². The lowest BCUT2D eigenvalue weighted by Gasteiger charge is -2.19. The molecular formula is C12H23NS. The first-order valence-corrected chi connectivity index (χ1v) is 6.02. The summed E-state index contributed by atoms with van der Waals surface area (Å²) in [5.41, 5.74) is 2.86. The van der Waals surface area contributed by atoms with Gasteiger partial charge in [-0.05, 0) is 31.4 Å². The molecule has 0 saturated carbocycles. The molecule has 0 aromatic carbocycles. The second-order valence-corrected chi connectivity index (χ2v) is 4.39. The van der Waals surface area contributed by atoms with Crippen molar-refractivity contribution in [3.8, 4) is 0 Å². The molecule has 82 valence electrons. The van der Waals surface area contributed by atoms with Gasteiger partial charge in [0.1, 0.15) is 0 Å². The zero-order valence-electron chi connectivity index (χ0n) is 9.80. The second-order valence-electron chi connectivity index (χ2n) is 3.95. The first kappa shape index (κ1) is 13.8. The van der Waals surface area contributed by atoms with E-state index in [9.17, 15) is 0 Å². The van der Waals surface area contributed by atoms with Gasteiger partial charge in [-0.1, -0.05) is 31.9 Å². The highest BCUT2D eigenvalue weighted by Gasteiger charge is 2.12. The van der Waals surface area contributed by atoms with Crippen LogP contribution in [0.15, 0.2) is 11.1 Å². The molecule has 0 unspecified atom stereocenters. The Hall–Kier alpha value is -0.240. The molecule has 0 rings (SSSR count). The third-order valence-electron chi connectivity index (χ3n) is 3.04. The molecule has 0 saturated heterocycles. The Bertz CT molecular complexity index is 208. The molecule has 14 heavy (non-hydrogen) atoms. The van der Waals surface area contributed by atoms with Crippen LogP contribution in [0.3, 0.4) is 0 Å². The molecule has 1 nitrogen and oxygen atoms in total. The average Bonchev–Trinajstić information content (AvgIpc) is 2.22. The summed E-state index contributed by atoms with van der Waals surface area (Å²) in [5, 5.41) is 7.32. The topological polar surface area (TPSA) is 23.9 Å². The molecule has 0 fully saturated rings. The Morgan fingerprint density at radius 3 is 2.36 bits per heavy atom. The zero-order chi connectivity index (χ0) is 11.1. The fraction of sp³-hybridized carbons (Fsp3) is 0.750. The van der Waals surface area contributed by atoms with Crippen molar-refractivity contribution in [1.82, 2.24) is 0 Å². The van der Waals surface area contributed by atoms with Crippen LogP contribution in [0.2, 0.25) is 0 Å². The fourth-order valence-corrected chi connectivity index (χ4v) is 1.87. The molecular weight excluding hydrogens is 190 g/mol. The Morgan fingerprint density at radius 1 is 1.43 bits per heavy atom. The van der Waals surface area contributed by atoms with Crippen LogP contribution in [-0.4, -0.2) is 12.0 Å². The van der Waals surface area contributed by atoms with Gasteiger partial charge in [0.25, 0.3) is 0 Å². The summed E-state index contributed by atoms with van der Waals surface area (Å²) in [6.07, 6.45) is 3.72. The first-order valence-electron chi connectivity index (χ1n) is 5.39. The predicted octanol–water partition coefficient (Wildman–Crippen LogP) is 3.95. The number of hydrogen-bond acceptors (Lipinski definition) is 2. The Morgan fingerprint density at radius 2 is 2.00 bits per heavy atom. The third-order valence-corrected chi connectivity index (χ3v) is 3.26. The third kappa shape index (κ3) is 3.87. The largest absolute Gasteiger partial charge is 0.312 e. The molecule has 0 radical (unpaired) electrons. The lowest BCUT2D eigenvalue weighted by atomic mass is 9.88. The summed E-state index contributed by atoms with van der Waals surface area (Å²) in [5.74, 6) is 1.78. The van der Waals surface area contributed by atoms with E-state index in [0.717, 1.165) is 12.2 Å². The van der Waals surface area contributed by atoms with Crippen molar-refractivity contribution in [3.63, 3.8) is 0 Å². The van der Waals surface area contributed by atoms with Crippen LogP contribution >= 0.6 is 12.6 Å². The minimum absolute atomic E-state index is 0.274. The van der Waals surface area contributed by atoms with Crippen LogP contribution < -0.4 is 0 Å². The maximum atomic E-state index is 7.32. The van der Waals surface area contributed by atoms with E-state index in [4.69, 9.17) is 5.41 Å². The average molecular weight is 213 g/mol. The number of thiol groups is 1. The number of allylic oxidation sites excluding steroid dienone is 2. The quantitative estimate of drug-likeness (QED) is 0.379. The van der Waals surface area contributed by atoms with Crippen molar-refractivity contribution in [2.24, 2.45) is 11.8 Å². The van der Waals surface area contributed by atoms with Crippen LogP contribution in [0.4, 0.5) is 0 Å². The lowest BCUT2D eigenvalue weighted by Crippen LogP contribution is -2.08. The smallest absolute Gasteiger partial charge is 0.0120 e. The van der Waals surface area contributed by atoms with Gasteiger partial charge >= 0.3 is 0 Å². The molecule has 0 bridgehead atoms. The van der Waals surface area contributed by atoms with Crippen molar-refractivity contribution in [1.29, 1.82) is 5.41 Å². The van der Waals surface area contributed by atoms with E-state index >= 15 is 0 Å². The van der Waals surface area contributed by atoms with Crippen molar-refractivity contribution in [2.75, 3.05) is 5.75 Å². The van der Waals surface area contributed by atoms with Gasteiger partial charge in [-0.3, -0.25) is 0 Å². The van der Waals surface area contributed by atoms with E-state index < -0.39 is 0 Å². The molecule has 0 aromatic rings. The Labute approximate surface area is 93.9 Å². The summed E-state index contributed by atoms with van der Waals surface area (Å²) < 4.78 is 0. The number of rotatable bonds is 6. The number of hydrogen-bond donors (Lipinski definition) is 2. The predicted molar refractivity (Wildman–Crippen MR) is 68.6 cm³/mol. The number of nitrogens with one attached hydrogen (secondary N) is 1. The fourth-order valence-electron chi connectivity index (χ4n) is 1.63. The van der Waals surface area contributed by atoms with E-state index in [0.29, 0.717) is 5.92 Å². The summed E-state index contributed by atoms with van der Waals surface area (Å²) in [6.45, 7) is 8.76. The van der Waals surface area contributed by atoms with Crippen molar-refractivity contribution in [3.05, 3.63) is 11.1 Å². The summed E-state index contributed by atoms with van der Waals surface area (Å²) in [7, 11) is 0. The molecule has 0 heterocycles. The van der Waals surface area contributed by atoms with Crippen LogP contribution in [0.25, 0.3) is 0 Å². The second kappa shape index (κ2) is 7.10. The minimum atomic E-state index is 0.274. The van der Waals surface area contributed by atoms with E-state index in [1.54, 1.807) is 0 Å². The SMILES string of the molecule is CC[C@H](C)/C(C)=C(/CCS)[C@H](C)C=N. The Balaban J connectivity index is 4.82. The summed E-state index contributed by atoms with van der Waals surface area (Å²) in [4.78, 5) is 0. The van der Waals surface area contributed by atoms with E-state index in [1.807, 2.05) is 0 Å². The van der Waals surface area contributed by atoms with Crippen LogP contribution in [0.5, 0.6) is 0 Å². The maximum Gasteiger partial charge on any atom is 0.0120 e. The molecule has 0 spiro atoms. The van der Waals surface area contributed by atoms with E-state index in [2.05, 4.69) is 40.3 Å².